The minimum atomic E-state index is 0. The molecule has 1 heterocycles. The first-order chi connectivity index (χ1) is 14.6. The standard InChI is InChI=1S/C23H29N5O2.HI/c1-16-13-17(2)28(27-16)20-11-7-6-9-18(20)14-25-23(24-3)26-15-19-10-8-12-21(29-4)22(19)30-5;/h6-13H,14-15H2,1-5H3,(H2,24,25,26);1H. The van der Waals surface area contributed by atoms with E-state index in [0.29, 0.717) is 24.8 Å². The maximum atomic E-state index is 5.51. The molecule has 7 nitrogen and oxygen atoms in total. The molecule has 2 N–H and O–H groups in total. The van der Waals surface area contributed by atoms with Crippen molar-refractivity contribution < 1.29 is 9.47 Å². The predicted molar refractivity (Wildman–Crippen MR) is 135 cm³/mol. The van der Waals surface area contributed by atoms with Crippen molar-refractivity contribution in [1.29, 1.82) is 0 Å². The van der Waals surface area contributed by atoms with Crippen LogP contribution >= 0.6 is 24.0 Å². The Morgan fingerprint density at radius 2 is 1.65 bits per heavy atom. The second kappa shape index (κ2) is 11.6. The molecule has 0 saturated heterocycles. The number of nitrogens with one attached hydrogen (secondary N) is 2. The number of hydrogen-bond acceptors (Lipinski definition) is 4. The third-order valence-corrected chi connectivity index (χ3v) is 4.83. The topological polar surface area (TPSA) is 72.7 Å². The Labute approximate surface area is 200 Å². The van der Waals surface area contributed by atoms with Crippen LogP contribution in [0.25, 0.3) is 5.69 Å². The number of aromatic nitrogens is 2. The van der Waals surface area contributed by atoms with Gasteiger partial charge in [0.25, 0.3) is 0 Å². The summed E-state index contributed by atoms with van der Waals surface area (Å²) in [5.41, 5.74) is 5.28. The van der Waals surface area contributed by atoms with Crippen molar-refractivity contribution in [2.75, 3.05) is 21.3 Å². The average molecular weight is 535 g/mol. The molecule has 0 spiro atoms. The molecule has 0 saturated carbocycles. The van der Waals surface area contributed by atoms with Gasteiger partial charge in [0, 0.05) is 31.4 Å². The predicted octanol–water partition coefficient (Wildman–Crippen LogP) is 3.99. The summed E-state index contributed by atoms with van der Waals surface area (Å²) in [6.07, 6.45) is 0. The Kier molecular flexibility index (Phi) is 9.17. The van der Waals surface area contributed by atoms with Crippen molar-refractivity contribution in [2.45, 2.75) is 26.9 Å². The Hall–Kier alpha value is -2.75. The molecule has 0 aliphatic carbocycles. The number of aryl methyl sites for hydroxylation is 2. The Bertz CT molecular complexity index is 1030. The third kappa shape index (κ3) is 5.90. The highest BCUT2D eigenvalue weighted by atomic mass is 127. The summed E-state index contributed by atoms with van der Waals surface area (Å²) in [5, 5.41) is 11.3. The van der Waals surface area contributed by atoms with Crippen LogP contribution in [0.15, 0.2) is 53.5 Å². The number of methoxy groups -OCH3 is 2. The van der Waals surface area contributed by atoms with Gasteiger partial charge in [-0.1, -0.05) is 30.3 Å². The Balaban J connectivity index is 0.00000341. The van der Waals surface area contributed by atoms with Crippen molar-refractivity contribution in [3.05, 3.63) is 71.0 Å². The van der Waals surface area contributed by atoms with Crippen molar-refractivity contribution in [1.82, 2.24) is 20.4 Å². The number of para-hydroxylation sites is 2. The van der Waals surface area contributed by atoms with E-state index < -0.39 is 0 Å². The van der Waals surface area contributed by atoms with Gasteiger partial charge in [0.2, 0.25) is 0 Å². The number of aliphatic imine (C=N–C) groups is 1. The number of benzene rings is 2. The van der Waals surface area contributed by atoms with E-state index in [1.165, 1.54) is 0 Å². The molecular weight excluding hydrogens is 505 g/mol. The lowest BCUT2D eigenvalue weighted by Gasteiger charge is -2.16. The van der Waals surface area contributed by atoms with E-state index in [1.54, 1.807) is 21.3 Å². The van der Waals surface area contributed by atoms with Gasteiger partial charge in [0.05, 0.1) is 25.6 Å². The van der Waals surface area contributed by atoms with Crippen LogP contribution in [-0.4, -0.2) is 37.0 Å². The molecule has 3 rings (SSSR count). The summed E-state index contributed by atoms with van der Waals surface area (Å²) in [6.45, 7) is 5.23. The molecular formula is C23H30IN5O2. The van der Waals surface area contributed by atoms with Gasteiger partial charge in [0.1, 0.15) is 0 Å². The monoisotopic (exact) mass is 535 g/mol. The normalized spacial score (nSPS) is 10.9. The van der Waals surface area contributed by atoms with E-state index in [-0.39, 0.29) is 24.0 Å². The van der Waals surface area contributed by atoms with Gasteiger partial charge < -0.3 is 20.1 Å². The zero-order chi connectivity index (χ0) is 21.5. The summed E-state index contributed by atoms with van der Waals surface area (Å²) >= 11 is 0. The average Bonchev–Trinajstić information content (AvgIpc) is 3.11. The molecule has 31 heavy (non-hydrogen) atoms. The second-order valence-electron chi connectivity index (χ2n) is 6.90. The molecule has 0 amide bonds. The van der Waals surface area contributed by atoms with Gasteiger partial charge >= 0.3 is 0 Å². The molecule has 0 aliphatic heterocycles. The number of rotatable bonds is 7. The smallest absolute Gasteiger partial charge is 0.191 e. The van der Waals surface area contributed by atoms with Crippen LogP contribution in [-0.2, 0) is 13.1 Å². The van der Waals surface area contributed by atoms with E-state index in [1.807, 2.05) is 41.9 Å². The zero-order valence-electron chi connectivity index (χ0n) is 18.6. The SMILES string of the molecule is CN=C(NCc1ccccc1-n1nc(C)cc1C)NCc1cccc(OC)c1OC.I. The molecule has 0 radical (unpaired) electrons. The number of guanidine groups is 1. The first-order valence-electron chi connectivity index (χ1n) is 9.83. The van der Waals surface area contributed by atoms with Gasteiger partial charge in [-0.05, 0) is 37.6 Å². The summed E-state index contributed by atoms with van der Waals surface area (Å²) in [6, 6.07) is 16.1. The fraction of sp³-hybridized carbons (Fsp3) is 0.304. The summed E-state index contributed by atoms with van der Waals surface area (Å²) in [4.78, 5) is 4.34. The minimum absolute atomic E-state index is 0. The first kappa shape index (κ1) is 24.5. The van der Waals surface area contributed by atoms with E-state index in [2.05, 4.69) is 45.8 Å². The molecule has 3 aromatic rings. The van der Waals surface area contributed by atoms with Crippen molar-refractivity contribution in [2.24, 2.45) is 4.99 Å². The van der Waals surface area contributed by atoms with Gasteiger partial charge in [0.15, 0.2) is 17.5 Å². The lowest BCUT2D eigenvalue weighted by Crippen LogP contribution is -2.36. The van der Waals surface area contributed by atoms with Gasteiger partial charge in [-0.25, -0.2) is 4.68 Å². The molecule has 166 valence electrons. The van der Waals surface area contributed by atoms with Crippen LogP contribution in [0.2, 0.25) is 0 Å². The number of halogens is 1. The highest BCUT2D eigenvalue weighted by molar-refractivity contribution is 14.0. The Morgan fingerprint density at radius 1 is 0.968 bits per heavy atom. The van der Waals surface area contributed by atoms with E-state index in [0.717, 1.165) is 34.0 Å². The lowest BCUT2D eigenvalue weighted by atomic mass is 10.1. The van der Waals surface area contributed by atoms with Crippen LogP contribution < -0.4 is 20.1 Å². The number of ether oxygens (including phenoxy) is 2. The quantitative estimate of drug-likeness (QED) is 0.272. The summed E-state index contributed by atoms with van der Waals surface area (Å²) in [5.74, 6) is 2.12. The van der Waals surface area contributed by atoms with Crippen molar-refractivity contribution in [3.63, 3.8) is 0 Å². The number of nitrogens with zero attached hydrogens (tertiary/aromatic N) is 3. The molecule has 0 unspecified atom stereocenters. The maximum Gasteiger partial charge on any atom is 0.191 e. The van der Waals surface area contributed by atoms with Gasteiger partial charge in [-0.3, -0.25) is 4.99 Å². The number of hydrogen-bond donors (Lipinski definition) is 2. The molecule has 0 bridgehead atoms. The van der Waals surface area contributed by atoms with E-state index in [4.69, 9.17) is 9.47 Å². The van der Waals surface area contributed by atoms with Crippen molar-refractivity contribution >= 4 is 29.9 Å². The van der Waals surface area contributed by atoms with Crippen LogP contribution in [0, 0.1) is 13.8 Å². The molecule has 0 aliphatic rings. The fourth-order valence-corrected chi connectivity index (χ4v) is 3.41. The maximum absolute atomic E-state index is 5.51. The minimum Gasteiger partial charge on any atom is -0.493 e. The lowest BCUT2D eigenvalue weighted by molar-refractivity contribution is 0.351. The molecule has 1 aromatic heterocycles. The van der Waals surface area contributed by atoms with E-state index >= 15 is 0 Å². The third-order valence-electron chi connectivity index (χ3n) is 4.83. The largest absolute Gasteiger partial charge is 0.493 e. The highest BCUT2D eigenvalue weighted by Gasteiger charge is 2.11. The highest BCUT2D eigenvalue weighted by Crippen LogP contribution is 2.30. The molecule has 2 aromatic carbocycles. The molecule has 0 atom stereocenters. The first-order valence-corrected chi connectivity index (χ1v) is 9.83. The van der Waals surface area contributed by atoms with Crippen LogP contribution in [0.1, 0.15) is 22.5 Å². The Morgan fingerprint density at radius 3 is 2.26 bits per heavy atom. The van der Waals surface area contributed by atoms with Crippen LogP contribution in [0.4, 0.5) is 0 Å². The van der Waals surface area contributed by atoms with Crippen LogP contribution in [0.5, 0.6) is 11.5 Å². The summed E-state index contributed by atoms with van der Waals surface area (Å²) < 4.78 is 12.9. The molecule has 0 fully saturated rings. The zero-order valence-corrected chi connectivity index (χ0v) is 20.9. The van der Waals surface area contributed by atoms with Gasteiger partial charge in [-0.15, -0.1) is 24.0 Å². The van der Waals surface area contributed by atoms with Crippen LogP contribution in [0.3, 0.4) is 0 Å². The van der Waals surface area contributed by atoms with Crippen molar-refractivity contribution in [3.8, 4) is 17.2 Å². The van der Waals surface area contributed by atoms with E-state index in [9.17, 15) is 0 Å². The van der Waals surface area contributed by atoms with Gasteiger partial charge in [-0.2, -0.15) is 5.10 Å². The second-order valence-corrected chi connectivity index (χ2v) is 6.90. The summed E-state index contributed by atoms with van der Waals surface area (Å²) in [7, 11) is 5.03. The fourth-order valence-electron chi connectivity index (χ4n) is 3.41. The molecule has 8 heteroatoms.